The molecular formula is C11H15N5O2S2. The molecule has 0 saturated carbocycles. The van der Waals surface area contributed by atoms with Gasteiger partial charge in [0.2, 0.25) is 16.9 Å². The summed E-state index contributed by atoms with van der Waals surface area (Å²) in [5.74, 6) is 0.447. The molecule has 0 saturated heterocycles. The molecular weight excluding hydrogens is 298 g/mol. The van der Waals surface area contributed by atoms with Gasteiger partial charge in [-0.05, 0) is 13.3 Å². The van der Waals surface area contributed by atoms with Crippen LogP contribution in [0.4, 0.5) is 11.0 Å². The highest BCUT2D eigenvalue weighted by molar-refractivity contribution is 8.01. The highest BCUT2D eigenvalue weighted by Gasteiger charge is 2.10. The number of amides is 1. The number of nitrogens with zero attached hydrogens (tertiary/aromatic N) is 3. The molecule has 2 rings (SSSR count). The van der Waals surface area contributed by atoms with E-state index in [1.165, 1.54) is 23.1 Å². The maximum atomic E-state index is 11.7. The first kappa shape index (κ1) is 14.8. The lowest BCUT2D eigenvalue weighted by atomic mass is 10.5. The van der Waals surface area contributed by atoms with Crippen LogP contribution < -0.4 is 10.6 Å². The van der Waals surface area contributed by atoms with Crippen molar-refractivity contribution >= 4 is 40.0 Å². The number of nitrogens with one attached hydrogen (secondary N) is 2. The summed E-state index contributed by atoms with van der Waals surface area (Å²) < 4.78 is 5.67. The highest BCUT2D eigenvalue weighted by atomic mass is 32.2. The van der Waals surface area contributed by atoms with Crippen LogP contribution in [-0.4, -0.2) is 33.6 Å². The quantitative estimate of drug-likeness (QED) is 0.758. The third-order valence-corrected chi connectivity index (χ3v) is 4.16. The molecule has 2 aromatic rings. The van der Waals surface area contributed by atoms with Crippen LogP contribution in [0, 0.1) is 6.92 Å². The SMILES string of the molecule is CCCNc1nnc(SCC(=O)Nc2cc(C)no2)s1. The first-order valence-corrected chi connectivity index (χ1v) is 7.91. The molecule has 108 valence electrons. The Morgan fingerprint density at radius 1 is 1.50 bits per heavy atom. The lowest BCUT2D eigenvalue weighted by molar-refractivity contribution is -0.113. The average molecular weight is 313 g/mol. The predicted octanol–water partition coefficient (Wildman–Crippen LogP) is 2.39. The topological polar surface area (TPSA) is 92.9 Å². The van der Waals surface area contributed by atoms with Gasteiger partial charge in [-0.1, -0.05) is 35.2 Å². The highest BCUT2D eigenvalue weighted by Crippen LogP contribution is 2.25. The average Bonchev–Trinajstić information content (AvgIpc) is 3.03. The van der Waals surface area contributed by atoms with Gasteiger partial charge in [-0.25, -0.2) is 0 Å². The minimum Gasteiger partial charge on any atom is -0.360 e. The molecule has 0 aliphatic heterocycles. The summed E-state index contributed by atoms with van der Waals surface area (Å²) >= 11 is 2.78. The molecule has 7 nitrogen and oxygen atoms in total. The molecule has 2 N–H and O–H groups in total. The van der Waals surface area contributed by atoms with Gasteiger partial charge in [0.25, 0.3) is 0 Å². The number of hydrogen-bond donors (Lipinski definition) is 2. The number of rotatable bonds is 7. The van der Waals surface area contributed by atoms with E-state index >= 15 is 0 Å². The summed E-state index contributed by atoms with van der Waals surface area (Å²) in [6, 6.07) is 1.67. The number of carbonyl (C=O) groups is 1. The van der Waals surface area contributed by atoms with Gasteiger partial charge in [-0.2, -0.15) is 0 Å². The Labute approximate surface area is 124 Å². The molecule has 0 aromatic carbocycles. The molecule has 2 heterocycles. The second-order valence-corrected chi connectivity index (χ2v) is 6.17. The molecule has 0 aliphatic carbocycles. The van der Waals surface area contributed by atoms with E-state index in [0.29, 0.717) is 5.88 Å². The smallest absolute Gasteiger partial charge is 0.237 e. The first-order chi connectivity index (χ1) is 9.67. The Hall–Kier alpha value is -1.61. The van der Waals surface area contributed by atoms with Gasteiger partial charge >= 0.3 is 0 Å². The number of anilines is 2. The number of carbonyl (C=O) groups excluding carboxylic acids is 1. The van der Waals surface area contributed by atoms with Crippen LogP contribution in [0.1, 0.15) is 19.0 Å². The standard InChI is InChI=1S/C11H15N5O2S2/c1-3-4-12-10-14-15-11(20-10)19-6-8(17)13-9-5-7(2)16-18-9/h5H,3-4,6H2,1-2H3,(H,12,14)(H,13,17). The fourth-order valence-corrected chi connectivity index (χ4v) is 2.87. The van der Waals surface area contributed by atoms with Gasteiger partial charge in [-0.3, -0.25) is 10.1 Å². The van der Waals surface area contributed by atoms with Crippen molar-refractivity contribution in [3.63, 3.8) is 0 Å². The van der Waals surface area contributed by atoms with Crippen LogP contribution >= 0.6 is 23.1 Å². The van der Waals surface area contributed by atoms with Gasteiger partial charge in [0.1, 0.15) is 0 Å². The summed E-state index contributed by atoms with van der Waals surface area (Å²) in [4.78, 5) is 11.7. The minimum atomic E-state index is -0.163. The van der Waals surface area contributed by atoms with Crippen molar-refractivity contribution in [3.05, 3.63) is 11.8 Å². The monoisotopic (exact) mass is 313 g/mol. The fraction of sp³-hybridized carbons (Fsp3) is 0.455. The molecule has 0 aliphatic rings. The van der Waals surface area contributed by atoms with E-state index in [2.05, 4.69) is 32.9 Å². The molecule has 0 unspecified atom stereocenters. The Morgan fingerprint density at radius 2 is 2.35 bits per heavy atom. The van der Waals surface area contributed by atoms with Crippen molar-refractivity contribution in [2.45, 2.75) is 24.6 Å². The maximum Gasteiger partial charge on any atom is 0.237 e. The molecule has 0 bridgehead atoms. The van der Waals surface area contributed by atoms with Crippen LogP contribution in [0.5, 0.6) is 0 Å². The second kappa shape index (κ2) is 7.25. The van der Waals surface area contributed by atoms with Crippen LogP contribution in [0.25, 0.3) is 0 Å². The largest absolute Gasteiger partial charge is 0.360 e. The first-order valence-electron chi connectivity index (χ1n) is 6.10. The molecule has 0 radical (unpaired) electrons. The van der Waals surface area contributed by atoms with Crippen LogP contribution in [0.3, 0.4) is 0 Å². The van der Waals surface area contributed by atoms with Crippen molar-refractivity contribution in [2.75, 3.05) is 22.9 Å². The van der Waals surface area contributed by atoms with Crippen molar-refractivity contribution in [1.29, 1.82) is 0 Å². The van der Waals surface area contributed by atoms with Crippen LogP contribution in [0.15, 0.2) is 14.9 Å². The van der Waals surface area contributed by atoms with Crippen LogP contribution in [-0.2, 0) is 4.79 Å². The predicted molar refractivity (Wildman–Crippen MR) is 79.3 cm³/mol. The van der Waals surface area contributed by atoms with Gasteiger partial charge in [-0.15, -0.1) is 10.2 Å². The van der Waals surface area contributed by atoms with Gasteiger partial charge < -0.3 is 9.84 Å². The number of thioether (sulfide) groups is 1. The summed E-state index contributed by atoms with van der Waals surface area (Å²) in [6.07, 6.45) is 1.03. The van der Waals surface area contributed by atoms with Crippen molar-refractivity contribution in [2.24, 2.45) is 0 Å². The van der Waals surface area contributed by atoms with Gasteiger partial charge in [0, 0.05) is 12.6 Å². The van der Waals surface area contributed by atoms with E-state index in [-0.39, 0.29) is 11.7 Å². The number of aromatic nitrogens is 3. The van der Waals surface area contributed by atoms with Crippen molar-refractivity contribution < 1.29 is 9.32 Å². The molecule has 9 heteroatoms. The molecule has 20 heavy (non-hydrogen) atoms. The molecule has 0 atom stereocenters. The van der Waals surface area contributed by atoms with Crippen LogP contribution in [0.2, 0.25) is 0 Å². The summed E-state index contributed by atoms with van der Waals surface area (Å²) in [6.45, 7) is 4.74. The second-order valence-electron chi connectivity index (χ2n) is 3.97. The lowest BCUT2D eigenvalue weighted by Gasteiger charge is -1.98. The lowest BCUT2D eigenvalue weighted by Crippen LogP contribution is -2.13. The van der Waals surface area contributed by atoms with E-state index in [1.807, 2.05) is 0 Å². The zero-order chi connectivity index (χ0) is 14.4. The molecule has 2 aromatic heterocycles. The Morgan fingerprint density at radius 3 is 3.05 bits per heavy atom. The zero-order valence-corrected chi connectivity index (χ0v) is 12.8. The van der Waals surface area contributed by atoms with Gasteiger partial charge in [0.05, 0.1) is 11.4 Å². The van der Waals surface area contributed by atoms with Crippen molar-refractivity contribution in [1.82, 2.24) is 15.4 Å². The van der Waals surface area contributed by atoms with E-state index in [1.54, 1.807) is 13.0 Å². The van der Waals surface area contributed by atoms with E-state index in [4.69, 9.17) is 4.52 Å². The Bertz CT molecular complexity index is 569. The number of hydrogen-bond acceptors (Lipinski definition) is 8. The maximum absolute atomic E-state index is 11.7. The molecule has 1 amide bonds. The summed E-state index contributed by atoms with van der Waals surface area (Å²) in [5, 5.41) is 18.3. The third kappa shape index (κ3) is 4.49. The number of aryl methyl sites for hydroxylation is 1. The summed E-state index contributed by atoms with van der Waals surface area (Å²) in [7, 11) is 0. The Kier molecular flexibility index (Phi) is 5.36. The molecule has 0 fully saturated rings. The normalized spacial score (nSPS) is 10.5. The van der Waals surface area contributed by atoms with E-state index in [0.717, 1.165) is 28.1 Å². The Balaban J connectivity index is 1.76. The van der Waals surface area contributed by atoms with E-state index in [9.17, 15) is 4.79 Å². The fourth-order valence-electron chi connectivity index (χ4n) is 1.29. The zero-order valence-electron chi connectivity index (χ0n) is 11.2. The molecule has 0 spiro atoms. The van der Waals surface area contributed by atoms with E-state index < -0.39 is 0 Å². The van der Waals surface area contributed by atoms with Gasteiger partial charge in [0.15, 0.2) is 4.34 Å². The minimum absolute atomic E-state index is 0.163. The van der Waals surface area contributed by atoms with Crippen molar-refractivity contribution in [3.8, 4) is 0 Å². The third-order valence-electron chi connectivity index (χ3n) is 2.15. The summed E-state index contributed by atoms with van der Waals surface area (Å²) in [5.41, 5.74) is 0.726.